The number of pyridine rings is 1. The average molecular weight is 492 g/mol. The molecule has 3 aromatic rings. The maximum atomic E-state index is 12.4. The predicted molar refractivity (Wildman–Crippen MR) is 125 cm³/mol. The quantitative estimate of drug-likeness (QED) is 0.222. The normalized spacial score (nSPS) is 11.7. The second-order valence-corrected chi connectivity index (χ2v) is 7.90. The molecule has 11 heteroatoms. The molecule has 2 aromatic carbocycles. The van der Waals surface area contributed by atoms with Gasteiger partial charge >= 0.3 is 11.9 Å². The van der Waals surface area contributed by atoms with Crippen LogP contribution in [0.3, 0.4) is 0 Å². The summed E-state index contributed by atoms with van der Waals surface area (Å²) in [6.45, 7) is 2.38. The van der Waals surface area contributed by atoms with Gasteiger partial charge in [0, 0.05) is 25.4 Å². The number of benzene rings is 1. The molecule has 0 saturated carbocycles. The molecule has 1 atom stereocenters. The first-order valence-electron chi connectivity index (χ1n) is 9.89. The van der Waals surface area contributed by atoms with Crippen LogP contribution in [-0.4, -0.2) is 34.6 Å². The van der Waals surface area contributed by atoms with E-state index in [1.165, 1.54) is 24.5 Å². The lowest BCUT2D eigenvalue weighted by molar-refractivity contribution is -0.137. The monoisotopic (exact) mass is 491 g/mol. The Morgan fingerprint density at radius 2 is 1.67 bits per heavy atom. The Morgan fingerprint density at radius 3 is 2.24 bits per heavy atom. The summed E-state index contributed by atoms with van der Waals surface area (Å²) in [7, 11) is 0. The van der Waals surface area contributed by atoms with Gasteiger partial charge in [0.25, 0.3) is 10.9 Å². The molecule has 0 bridgehead atoms. The van der Waals surface area contributed by atoms with E-state index in [9.17, 15) is 24.3 Å². The van der Waals surface area contributed by atoms with Crippen molar-refractivity contribution in [2.45, 2.75) is 25.8 Å². The number of carboxylic acid groups (broad SMARTS) is 1. The second kappa shape index (κ2) is 10.5. The Hall–Kier alpha value is -3.43. The highest BCUT2D eigenvalue weighted by Crippen LogP contribution is 2.25. The lowest BCUT2D eigenvalue weighted by atomic mass is 10.0. The minimum atomic E-state index is -1.19. The molecule has 1 heterocycles. The van der Waals surface area contributed by atoms with E-state index in [2.05, 4.69) is 15.6 Å². The van der Waals surface area contributed by atoms with E-state index in [-0.39, 0.29) is 39.2 Å². The van der Waals surface area contributed by atoms with Crippen molar-refractivity contribution in [1.29, 1.82) is 0 Å². The zero-order valence-corrected chi connectivity index (χ0v) is 18.9. The molecule has 1 unspecified atom stereocenters. The summed E-state index contributed by atoms with van der Waals surface area (Å²) >= 11 is 11.9. The molecule has 1 aromatic heterocycles. The standard InChI is InChI=1S/C22H19Cl2N3O6/c1-2-7-26-17-18(20(29)19(17)28)27-15(21(30)31)8-11-3-5-12(6-4-11)33-22(32)16-13(23)9-25-10-14(16)24/h3-6,9-10,15,26-27H,2,7-8H2,1H3,(H,30,31). The van der Waals surface area contributed by atoms with Gasteiger partial charge in [-0.25, -0.2) is 9.59 Å². The SMILES string of the molecule is CCCNc1c(NC(Cc2ccc(OC(=O)c3c(Cl)cncc3Cl)cc2)C(=O)O)c(=O)c1=O. The number of nitrogens with zero attached hydrogens (tertiary/aromatic N) is 1. The first kappa shape index (κ1) is 24.2. The average Bonchev–Trinajstić information content (AvgIpc) is 2.78. The maximum Gasteiger partial charge on any atom is 0.346 e. The third-order valence-corrected chi connectivity index (χ3v) is 5.28. The topological polar surface area (TPSA) is 135 Å². The molecule has 0 aliphatic carbocycles. The number of anilines is 2. The van der Waals surface area contributed by atoms with Crippen LogP contribution in [0.25, 0.3) is 0 Å². The van der Waals surface area contributed by atoms with E-state index < -0.39 is 28.8 Å². The van der Waals surface area contributed by atoms with Gasteiger partial charge in [-0.2, -0.15) is 0 Å². The fraction of sp³-hybridized carbons (Fsp3) is 0.227. The molecule has 0 aliphatic heterocycles. The number of aromatic nitrogens is 1. The van der Waals surface area contributed by atoms with E-state index >= 15 is 0 Å². The van der Waals surface area contributed by atoms with Crippen molar-refractivity contribution < 1.29 is 19.4 Å². The van der Waals surface area contributed by atoms with Crippen molar-refractivity contribution in [3.8, 4) is 5.75 Å². The Morgan fingerprint density at radius 1 is 1.06 bits per heavy atom. The first-order chi connectivity index (χ1) is 15.7. The number of nitrogens with one attached hydrogen (secondary N) is 2. The summed E-state index contributed by atoms with van der Waals surface area (Å²) in [4.78, 5) is 51.5. The Balaban J connectivity index is 1.69. The second-order valence-electron chi connectivity index (χ2n) is 7.09. The first-order valence-corrected chi connectivity index (χ1v) is 10.6. The zero-order valence-electron chi connectivity index (χ0n) is 17.4. The van der Waals surface area contributed by atoms with Crippen LogP contribution in [0.2, 0.25) is 10.0 Å². The van der Waals surface area contributed by atoms with Gasteiger partial charge in [0.1, 0.15) is 28.7 Å². The fourth-order valence-electron chi connectivity index (χ4n) is 3.02. The van der Waals surface area contributed by atoms with Gasteiger partial charge in [-0.05, 0) is 24.1 Å². The lowest BCUT2D eigenvalue weighted by Gasteiger charge is -2.19. The molecule has 0 fully saturated rings. The summed E-state index contributed by atoms with van der Waals surface area (Å²) in [6.07, 6.45) is 3.28. The van der Waals surface area contributed by atoms with Crippen LogP contribution in [0.5, 0.6) is 5.75 Å². The van der Waals surface area contributed by atoms with Crippen molar-refractivity contribution in [2.24, 2.45) is 0 Å². The molecule has 172 valence electrons. The number of carboxylic acids is 1. The van der Waals surface area contributed by atoms with Crippen molar-refractivity contribution in [1.82, 2.24) is 4.98 Å². The molecule has 3 N–H and O–H groups in total. The minimum absolute atomic E-state index is 0.0115. The zero-order chi connectivity index (χ0) is 24.1. The fourth-order valence-corrected chi connectivity index (χ4v) is 3.53. The summed E-state index contributed by atoms with van der Waals surface area (Å²) in [6, 6.07) is 4.97. The Labute approximate surface area is 198 Å². The maximum absolute atomic E-state index is 12.4. The lowest BCUT2D eigenvalue weighted by Crippen LogP contribution is -2.42. The third-order valence-electron chi connectivity index (χ3n) is 4.71. The van der Waals surface area contributed by atoms with Crippen LogP contribution < -0.4 is 26.2 Å². The van der Waals surface area contributed by atoms with Crippen molar-refractivity contribution in [3.05, 3.63) is 78.3 Å². The number of esters is 1. The van der Waals surface area contributed by atoms with Gasteiger partial charge in [-0.3, -0.25) is 14.6 Å². The number of ether oxygens (including phenoxy) is 1. The third kappa shape index (κ3) is 5.50. The van der Waals surface area contributed by atoms with E-state index in [0.717, 1.165) is 6.42 Å². The number of aliphatic carboxylic acids is 1. The Bertz CT molecular complexity index is 1230. The van der Waals surface area contributed by atoms with Crippen LogP contribution >= 0.6 is 23.2 Å². The highest BCUT2D eigenvalue weighted by atomic mass is 35.5. The molecule has 9 nitrogen and oxygen atoms in total. The summed E-state index contributed by atoms with van der Waals surface area (Å²) < 4.78 is 5.27. The van der Waals surface area contributed by atoms with E-state index in [1.807, 2.05) is 6.92 Å². The highest BCUT2D eigenvalue weighted by Gasteiger charge is 2.26. The van der Waals surface area contributed by atoms with Crippen LogP contribution in [0, 0.1) is 0 Å². The summed E-state index contributed by atoms with van der Waals surface area (Å²) in [5.41, 5.74) is -0.781. The largest absolute Gasteiger partial charge is 0.480 e. The van der Waals surface area contributed by atoms with Crippen molar-refractivity contribution in [3.63, 3.8) is 0 Å². The molecule has 33 heavy (non-hydrogen) atoms. The molecule has 0 spiro atoms. The molecule has 0 aliphatic rings. The van der Waals surface area contributed by atoms with E-state index in [1.54, 1.807) is 12.1 Å². The van der Waals surface area contributed by atoms with Gasteiger partial charge in [-0.15, -0.1) is 0 Å². The molecule has 0 amide bonds. The molecular weight excluding hydrogens is 473 g/mol. The van der Waals surface area contributed by atoms with Crippen LogP contribution in [-0.2, 0) is 11.2 Å². The number of hydrogen-bond acceptors (Lipinski definition) is 8. The number of carbonyl (C=O) groups is 2. The highest BCUT2D eigenvalue weighted by molar-refractivity contribution is 6.39. The summed E-state index contributed by atoms with van der Waals surface area (Å²) in [5, 5.41) is 15.1. The van der Waals surface area contributed by atoms with Crippen LogP contribution in [0.15, 0.2) is 46.2 Å². The number of rotatable bonds is 10. The van der Waals surface area contributed by atoms with Crippen LogP contribution in [0.1, 0.15) is 29.3 Å². The summed E-state index contributed by atoms with van der Waals surface area (Å²) in [5.74, 6) is -1.76. The predicted octanol–water partition coefficient (Wildman–Crippen LogP) is 3.13. The van der Waals surface area contributed by atoms with Gasteiger partial charge in [0.05, 0.1) is 10.0 Å². The molecule has 0 saturated heterocycles. The van der Waals surface area contributed by atoms with Crippen LogP contribution in [0.4, 0.5) is 11.4 Å². The number of hydrogen-bond donors (Lipinski definition) is 3. The number of halogens is 2. The molecular formula is C22H19Cl2N3O6. The minimum Gasteiger partial charge on any atom is -0.480 e. The van der Waals surface area contributed by atoms with Crippen molar-refractivity contribution in [2.75, 3.05) is 17.2 Å². The van der Waals surface area contributed by atoms with E-state index in [0.29, 0.717) is 12.1 Å². The molecule has 0 radical (unpaired) electrons. The smallest absolute Gasteiger partial charge is 0.346 e. The van der Waals surface area contributed by atoms with Gasteiger partial charge in [0.2, 0.25) is 0 Å². The van der Waals surface area contributed by atoms with Crippen molar-refractivity contribution >= 4 is 46.5 Å². The van der Waals surface area contributed by atoms with Gasteiger partial charge in [0.15, 0.2) is 0 Å². The molecule has 3 rings (SSSR count). The number of carbonyl (C=O) groups excluding carboxylic acids is 1. The Kier molecular flexibility index (Phi) is 7.67. The van der Waals surface area contributed by atoms with Gasteiger partial charge < -0.3 is 20.5 Å². The van der Waals surface area contributed by atoms with Gasteiger partial charge in [-0.1, -0.05) is 42.3 Å². The van der Waals surface area contributed by atoms with E-state index in [4.69, 9.17) is 27.9 Å².